The number of amides is 1. The van der Waals surface area contributed by atoms with Crippen molar-refractivity contribution >= 4 is 34.5 Å². The van der Waals surface area contributed by atoms with Gasteiger partial charge in [0.25, 0.3) is 0 Å². The van der Waals surface area contributed by atoms with Crippen molar-refractivity contribution in [3.63, 3.8) is 0 Å². The van der Waals surface area contributed by atoms with Gasteiger partial charge in [-0.3, -0.25) is 18.9 Å². The van der Waals surface area contributed by atoms with E-state index in [0.717, 1.165) is 96.3 Å². The molecule has 0 aliphatic rings. The van der Waals surface area contributed by atoms with Crippen LogP contribution in [0.5, 0.6) is 0 Å². The summed E-state index contributed by atoms with van der Waals surface area (Å²) < 4.78 is 49.1. The standard InChI is InChI=1S/C50H79NO12S/c1-2-3-4-5-6-7-8-15-26-35-43(61-47(56)36-27-16-11-9-13-20-29-41-31-22-18-23-32-41)38-46(55)51-44(39-52)49(50(45(54)40-53)63-64(58,59)60)62-48(57)37-28-17-12-10-14-21-30-42-33-24-19-25-34-42/h18-19,22-25,31-34,39,43-45,49-50,53-54H,2-17,20-21,26-30,35-38,40H2,1H3,(H,51,55)(H,58,59,60)/t43-,44-,45+,49+,50+/m0/s1. The number of esters is 2. The molecule has 0 fully saturated rings. The second kappa shape index (κ2) is 35.6. The molecule has 0 aromatic heterocycles. The summed E-state index contributed by atoms with van der Waals surface area (Å²) in [5.74, 6) is -2.07. The number of rotatable bonds is 40. The van der Waals surface area contributed by atoms with Crippen molar-refractivity contribution in [2.45, 2.75) is 211 Å². The molecule has 0 aliphatic carbocycles. The third-order valence-electron chi connectivity index (χ3n) is 11.4. The van der Waals surface area contributed by atoms with Crippen LogP contribution in [0.25, 0.3) is 0 Å². The molecule has 0 bridgehead atoms. The van der Waals surface area contributed by atoms with Gasteiger partial charge < -0.3 is 29.8 Å². The molecule has 1 amide bonds. The van der Waals surface area contributed by atoms with Crippen LogP contribution < -0.4 is 5.32 Å². The number of aliphatic hydroxyl groups is 2. The summed E-state index contributed by atoms with van der Waals surface area (Å²) in [4.78, 5) is 52.2. The molecular weight excluding hydrogens is 839 g/mol. The molecule has 0 unspecified atom stereocenters. The van der Waals surface area contributed by atoms with Crippen molar-refractivity contribution in [1.82, 2.24) is 5.32 Å². The lowest BCUT2D eigenvalue weighted by Gasteiger charge is -2.32. The van der Waals surface area contributed by atoms with E-state index in [4.69, 9.17) is 9.47 Å². The molecule has 4 N–H and O–H groups in total. The third kappa shape index (κ3) is 28.3. The van der Waals surface area contributed by atoms with Gasteiger partial charge in [0.2, 0.25) is 5.91 Å². The Balaban J connectivity index is 2.00. The SMILES string of the molecule is CCCCCCCCCCC[C@@H](CC(=O)N[C@@H](C=O)[C@@H](OC(=O)CCCCCCCCc1ccccc1)[C@H](OS(=O)(=O)O)[C@H](O)CO)OC(=O)CCCCCCCCc1ccccc1. The fourth-order valence-corrected chi connectivity index (χ4v) is 8.33. The van der Waals surface area contributed by atoms with Crippen molar-refractivity contribution in [2.24, 2.45) is 0 Å². The average molecular weight is 918 g/mol. The molecule has 2 aromatic rings. The van der Waals surface area contributed by atoms with Crippen LogP contribution in [0.2, 0.25) is 0 Å². The Morgan fingerprint density at radius 1 is 0.625 bits per heavy atom. The van der Waals surface area contributed by atoms with Crippen molar-refractivity contribution in [2.75, 3.05) is 6.61 Å². The average Bonchev–Trinajstić information content (AvgIpc) is 3.28. The fourth-order valence-electron chi connectivity index (χ4n) is 7.81. The topological polar surface area (TPSA) is 203 Å². The van der Waals surface area contributed by atoms with Gasteiger partial charge in [-0.1, -0.05) is 170 Å². The number of ether oxygens (including phenoxy) is 2. The molecule has 5 atom stereocenters. The van der Waals surface area contributed by atoms with E-state index in [0.29, 0.717) is 32.1 Å². The molecule has 0 aliphatic heterocycles. The van der Waals surface area contributed by atoms with Gasteiger partial charge in [-0.2, -0.15) is 8.42 Å². The first-order valence-electron chi connectivity index (χ1n) is 24.1. The van der Waals surface area contributed by atoms with Gasteiger partial charge in [-0.05, 0) is 62.5 Å². The minimum atomic E-state index is -5.31. The summed E-state index contributed by atoms with van der Waals surface area (Å²) in [6.07, 6.45) is 15.7. The molecule has 2 rings (SSSR count). The molecule has 0 saturated heterocycles. The number of nitrogens with one attached hydrogen (secondary N) is 1. The number of hydrogen-bond acceptors (Lipinski definition) is 11. The van der Waals surface area contributed by atoms with Crippen LogP contribution in [0.4, 0.5) is 0 Å². The highest BCUT2D eigenvalue weighted by Gasteiger charge is 2.41. The zero-order valence-electron chi connectivity index (χ0n) is 38.5. The van der Waals surface area contributed by atoms with Crippen LogP contribution >= 0.6 is 0 Å². The molecule has 0 saturated carbocycles. The first kappa shape index (κ1) is 56.4. The second-order valence-electron chi connectivity index (χ2n) is 17.1. The van der Waals surface area contributed by atoms with Crippen molar-refractivity contribution in [3.8, 4) is 0 Å². The number of carbonyl (C=O) groups is 4. The highest BCUT2D eigenvalue weighted by molar-refractivity contribution is 7.80. The highest BCUT2D eigenvalue weighted by Crippen LogP contribution is 2.20. The number of benzene rings is 2. The molecule has 13 nitrogen and oxygen atoms in total. The number of aldehydes is 1. The molecule has 14 heteroatoms. The Morgan fingerprint density at radius 2 is 1.06 bits per heavy atom. The van der Waals surface area contributed by atoms with E-state index in [2.05, 4.69) is 40.7 Å². The predicted octanol–water partition coefficient (Wildman–Crippen LogP) is 9.29. The lowest BCUT2D eigenvalue weighted by Crippen LogP contribution is -2.56. The monoisotopic (exact) mass is 918 g/mol. The molecule has 0 spiro atoms. The van der Waals surface area contributed by atoms with Gasteiger partial charge in [0.05, 0.1) is 13.0 Å². The Labute approximate surface area is 383 Å². The molecule has 0 radical (unpaired) electrons. The Hall–Kier alpha value is -3.69. The highest BCUT2D eigenvalue weighted by atomic mass is 32.3. The van der Waals surface area contributed by atoms with Crippen LogP contribution in [0.1, 0.15) is 179 Å². The molecular formula is C50H79NO12S. The maximum absolute atomic E-state index is 13.6. The summed E-state index contributed by atoms with van der Waals surface area (Å²) in [5, 5.41) is 22.7. The van der Waals surface area contributed by atoms with Crippen LogP contribution in [0.15, 0.2) is 60.7 Å². The lowest BCUT2D eigenvalue weighted by atomic mass is 10.0. The summed E-state index contributed by atoms with van der Waals surface area (Å²) in [6.45, 7) is 1.09. The van der Waals surface area contributed by atoms with Crippen LogP contribution in [0.3, 0.4) is 0 Å². The number of hydrogen-bond donors (Lipinski definition) is 4. The fraction of sp³-hybridized carbons (Fsp3) is 0.680. The van der Waals surface area contributed by atoms with E-state index < -0.39 is 65.3 Å². The number of unbranched alkanes of at least 4 members (excludes halogenated alkanes) is 18. The van der Waals surface area contributed by atoms with Gasteiger partial charge in [-0.15, -0.1) is 0 Å². The summed E-state index contributed by atoms with van der Waals surface area (Å²) >= 11 is 0. The maximum Gasteiger partial charge on any atom is 0.397 e. The molecule has 64 heavy (non-hydrogen) atoms. The third-order valence-corrected chi connectivity index (χ3v) is 11.9. The van der Waals surface area contributed by atoms with E-state index in [1.165, 1.54) is 36.8 Å². The van der Waals surface area contributed by atoms with E-state index in [-0.39, 0.29) is 25.5 Å². The van der Waals surface area contributed by atoms with E-state index in [1.807, 2.05) is 36.4 Å². The Morgan fingerprint density at radius 3 is 1.52 bits per heavy atom. The largest absolute Gasteiger partial charge is 0.462 e. The van der Waals surface area contributed by atoms with Gasteiger partial charge in [0.1, 0.15) is 30.6 Å². The summed E-state index contributed by atoms with van der Waals surface area (Å²) in [5.41, 5.74) is 2.61. The van der Waals surface area contributed by atoms with Gasteiger partial charge in [-0.25, -0.2) is 4.18 Å². The first-order chi connectivity index (χ1) is 30.9. The zero-order valence-corrected chi connectivity index (χ0v) is 39.3. The van der Waals surface area contributed by atoms with Crippen molar-refractivity contribution in [3.05, 3.63) is 71.8 Å². The Kier molecular flexibility index (Phi) is 31.4. The van der Waals surface area contributed by atoms with E-state index >= 15 is 0 Å². The number of carbonyl (C=O) groups excluding carboxylic acids is 4. The smallest absolute Gasteiger partial charge is 0.397 e. The molecule has 0 heterocycles. The Bertz CT molecular complexity index is 1630. The molecule has 2 aromatic carbocycles. The second-order valence-corrected chi connectivity index (χ2v) is 18.1. The predicted molar refractivity (Wildman–Crippen MR) is 249 cm³/mol. The zero-order chi connectivity index (χ0) is 46.7. The van der Waals surface area contributed by atoms with Gasteiger partial charge in [0.15, 0.2) is 6.10 Å². The van der Waals surface area contributed by atoms with Crippen LogP contribution in [-0.4, -0.2) is 84.4 Å². The minimum Gasteiger partial charge on any atom is -0.462 e. The van der Waals surface area contributed by atoms with Crippen molar-refractivity contribution in [1.29, 1.82) is 0 Å². The normalized spacial score (nSPS) is 13.9. The van der Waals surface area contributed by atoms with E-state index in [9.17, 15) is 42.4 Å². The van der Waals surface area contributed by atoms with Gasteiger partial charge in [0, 0.05) is 12.8 Å². The van der Waals surface area contributed by atoms with Crippen LogP contribution in [0, 0.1) is 0 Å². The first-order valence-corrected chi connectivity index (χ1v) is 25.5. The van der Waals surface area contributed by atoms with Gasteiger partial charge >= 0.3 is 22.3 Å². The lowest BCUT2D eigenvalue weighted by molar-refractivity contribution is -0.164. The maximum atomic E-state index is 13.6. The number of aliphatic hydroxyl groups excluding tert-OH is 2. The van der Waals surface area contributed by atoms with Crippen LogP contribution in [-0.2, 0) is 56.1 Å². The minimum absolute atomic E-state index is 0.126. The number of aryl methyl sites for hydroxylation is 2. The quantitative estimate of drug-likeness (QED) is 0.0214. The van der Waals surface area contributed by atoms with E-state index in [1.54, 1.807) is 0 Å². The van der Waals surface area contributed by atoms with Crippen molar-refractivity contribution < 1.29 is 56.0 Å². The molecule has 362 valence electrons. The summed E-state index contributed by atoms with van der Waals surface area (Å²) in [6, 6.07) is 18.8. The summed E-state index contributed by atoms with van der Waals surface area (Å²) in [7, 11) is -5.31.